The van der Waals surface area contributed by atoms with Crippen molar-refractivity contribution in [3.05, 3.63) is 43.5 Å². The fourth-order valence-electron chi connectivity index (χ4n) is 3.50. The molecule has 8 nitrogen and oxygen atoms in total. The summed E-state index contributed by atoms with van der Waals surface area (Å²) in [5.41, 5.74) is -0.565. The number of nitrogens with zero attached hydrogens (tertiary/aromatic N) is 3. The number of hydrogen-bond acceptors (Lipinski definition) is 5. The van der Waals surface area contributed by atoms with E-state index in [1.807, 2.05) is 0 Å². The summed E-state index contributed by atoms with van der Waals surface area (Å²) in [6.45, 7) is -0.423. The molecule has 2 atom stereocenters. The van der Waals surface area contributed by atoms with Crippen LogP contribution in [0, 0.1) is 20.2 Å². The second kappa shape index (κ2) is 5.14. The van der Waals surface area contributed by atoms with Gasteiger partial charge in [-0.3, -0.25) is 25.0 Å². The minimum absolute atomic E-state index is 0.211. The summed E-state index contributed by atoms with van der Waals surface area (Å²) in [7, 11) is 0. The van der Waals surface area contributed by atoms with Gasteiger partial charge >= 0.3 is 23.5 Å². The largest absolute Gasteiger partial charge is 0.471 e. The molecule has 0 radical (unpaired) electrons. The van der Waals surface area contributed by atoms with Crippen LogP contribution >= 0.6 is 0 Å². The zero-order chi connectivity index (χ0) is 17.8. The minimum Gasteiger partial charge on any atom is -0.334 e. The van der Waals surface area contributed by atoms with Gasteiger partial charge in [0.05, 0.1) is 9.85 Å². The third-order valence-corrected chi connectivity index (χ3v) is 4.43. The first-order valence-corrected chi connectivity index (χ1v) is 6.92. The Hall–Kier alpha value is -2.72. The first-order valence-electron chi connectivity index (χ1n) is 6.92. The Kier molecular flexibility index (Phi) is 3.46. The highest BCUT2D eigenvalue weighted by Gasteiger charge is 2.48. The summed E-state index contributed by atoms with van der Waals surface area (Å²) in [4.78, 5) is 32.3. The lowest BCUT2D eigenvalue weighted by Crippen LogP contribution is -2.46. The van der Waals surface area contributed by atoms with Gasteiger partial charge in [-0.05, 0) is 17.5 Å². The van der Waals surface area contributed by atoms with Gasteiger partial charge in [0.25, 0.3) is 0 Å². The quantitative estimate of drug-likeness (QED) is 0.604. The van der Waals surface area contributed by atoms with Gasteiger partial charge in [0.2, 0.25) is 0 Å². The van der Waals surface area contributed by atoms with Crippen LogP contribution in [0.1, 0.15) is 29.4 Å². The van der Waals surface area contributed by atoms with Crippen molar-refractivity contribution in [1.29, 1.82) is 0 Å². The molecule has 11 heteroatoms. The zero-order valence-corrected chi connectivity index (χ0v) is 11.9. The Morgan fingerprint density at radius 2 is 1.46 bits per heavy atom. The van der Waals surface area contributed by atoms with Crippen molar-refractivity contribution in [3.8, 4) is 0 Å². The molecule has 1 aromatic rings. The number of alkyl halides is 3. The van der Waals surface area contributed by atoms with E-state index in [0.29, 0.717) is 22.4 Å². The van der Waals surface area contributed by atoms with Crippen molar-refractivity contribution in [3.63, 3.8) is 0 Å². The highest BCUT2D eigenvalue weighted by atomic mass is 19.4. The number of carbonyl (C=O) groups is 1. The second-order valence-corrected chi connectivity index (χ2v) is 5.82. The third kappa shape index (κ3) is 2.45. The van der Waals surface area contributed by atoms with E-state index in [0.717, 1.165) is 12.1 Å². The zero-order valence-electron chi connectivity index (χ0n) is 11.9. The lowest BCUT2D eigenvalue weighted by molar-refractivity contribution is -0.422. The summed E-state index contributed by atoms with van der Waals surface area (Å²) in [6, 6.07) is 2.11. The number of likely N-dealkylation sites (tertiary alicyclic amines) is 1. The average Bonchev–Trinajstić information content (AvgIpc) is 2.74. The predicted octanol–water partition coefficient (Wildman–Crippen LogP) is 2.48. The van der Waals surface area contributed by atoms with E-state index in [2.05, 4.69) is 0 Å². The van der Waals surface area contributed by atoms with Gasteiger partial charge in [-0.2, -0.15) is 13.2 Å². The summed E-state index contributed by atoms with van der Waals surface area (Å²) in [6.07, 6.45) is -4.59. The first kappa shape index (κ1) is 16.1. The first-order chi connectivity index (χ1) is 11.1. The lowest BCUT2D eigenvalue weighted by Gasteiger charge is -2.32. The summed E-state index contributed by atoms with van der Waals surface area (Å²) in [5.74, 6) is -2.96. The molecule has 1 heterocycles. The number of halogens is 3. The smallest absolute Gasteiger partial charge is 0.334 e. The Bertz CT molecular complexity index is 715. The molecule has 24 heavy (non-hydrogen) atoms. The molecule has 0 aromatic heterocycles. The number of nitro groups is 2. The number of piperidine rings is 1. The molecule has 0 unspecified atom stereocenters. The number of rotatable bonds is 2. The van der Waals surface area contributed by atoms with Crippen molar-refractivity contribution in [2.24, 2.45) is 0 Å². The van der Waals surface area contributed by atoms with E-state index >= 15 is 0 Å². The van der Waals surface area contributed by atoms with Crippen molar-refractivity contribution in [2.75, 3.05) is 13.1 Å². The number of nitro benzene ring substituents is 2. The van der Waals surface area contributed by atoms with Crippen LogP contribution in [-0.4, -0.2) is 39.9 Å². The van der Waals surface area contributed by atoms with Crippen molar-refractivity contribution in [2.45, 2.75) is 24.4 Å². The number of fused-ring (bicyclic) bond motifs is 5. The van der Waals surface area contributed by atoms with Crippen molar-refractivity contribution < 1.29 is 27.8 Å². The maximum atomic E-state index is 12.6. The maximum Gasteiger partial charge on any atom is 0.471 e. The fraction of sp³-hybridized carbons (Fsp3) is 0.462. The van der Waals surface area contributed by atoms with E-state index in [9.17, 15) is 38.2 Å². The molecular formula is C13H10F3N3O5. The molecule has 1 fully saturated rings. The van der Waals surface area contributed by atoms with Crippen molar-refractivity contribution in [1.82, 2.24) is 4.90 Å². The van der Waals surface area contributed by atoms with Gasteiger partial charge < -0.3 is 4.90 Å². The predicted molar refractivity (Wildman–Crippen MR) is 72.5 cm³/mol. The highest BCUT2D eigenvalue weighted by molar-refractivity contribution is 5.82. The van der Waals surface area contributed by atoms with Crippen LogP contribution in [0.4, 0.5) is 24.5 Å². The summed E-state index contributed by atoms with van der Waals surface area (Å²) >= 11 is 0. The summed E-state index contributed by atoms with van der Waals surface area (Å²) < 4.78 is 37.8. The van der Waals surface area contributed by atoms with E-state index in [4.69, 9.17) is 0 Å². The van der Waals surface area contributed by atoms with Crippen molar-refractivity contribution >= 4 is 17.3 Å². The van der Waals surface area contributed by atoms with Gasteiger partial charge in [-0.1, -0.05) is 0 Å². The molecule has 1 amide bonds. The Morgan fingerprint density at radius 1 is 1.04 bits per heavy atom. The van der Waals surface area contributed by atoms with Crippen LogP contribution in [0.15, 0.2) is 12.1 Å². The fourth-order valence-corrected chi connectivity index (χ4v) is 3.50. The third-order valence-electron chi connectivity index (χ3n) is 4.43. The van der Waals surface area contributed by atoms with E-state index < -0.39 is 45.1 Å². The van der Waals surface area contributed by atoms with Gasteiger partial charge in [0.1, 0.15) is 0 Å². The van der Waals surface area contributed by atoms with Gasteiger partial charge in [-0.25, -0.2) is 0 Å². The standard InChI is InChI=1S/C13H10F3N3O5/c14-13(15,16)12(20)17-4-6-1-7(5-17)9-3-11(19(23)24)10(18(21)22)2-8(6)9/h2-3,6-7H,1,4-5H2/t6-,7-/m0/s1. The highest BCUT2D eigenvalue weighted by Crippen LogP contribution is 2.49. The molecule has 0 N–H and O–H groups in total. The number of amides is 1. The summed E-state index contributed by atoms with van der Waals surface area (Å²) in [5, 5.41) is 22.0. The minimum atomic E-state index is -5.00. The van der Waals surface area contributed by atoms with Crippen LogP contribution in [0.25, 0.3) is 0 Å². The van der Waals surface area contributed by atoms with E-state index in [-0.39, 0.29) is 13.1 Å². The molecule has 1 aliphatic heterocycles. The van der Waals surface area contributed by atoms with Crippen LogP contribution in [-0.2, 0) is 4.79 Å². The average molecular weight is 345 g/mol. The Balaban J connectivity index is 2.01. The van der Waals surface area contributed by atoms with E-state index in [1.165, 1.54) is 0 Å². The molecule has 1 aromatic carbocycles. The van der Waals surface area contributed by atoms with Gasteiger partial charge in [-0.15, -0.1) is 0 Å². The molecule has 128 valence electrons. The van der Waals surface area contributed by atoms with Crippen LogP contribution in [0.3, 0.4) is 0 Å². The van der Waals surface area contributed by atoms with Gasteiger partial charge in [0.15, 0.2) is 0 Å². The number of benzene rings is 1. The molecule has 0 spiro atoms. The molecule has 3 rings (SSSR count). The second-order valence-electron chi connectivity index (χ2n) is 5.82. The monoisotopic (exact) mass is 345 g/mol. The van der Waals surface area contributed by atoms with Gasteiger partial charge in [0, 0.05) is 37.1 Å². The Morgan fingerprint density at radius 3 is 1.79 bits per heavy atom. The molecule has 0 saturated carbocycles. The molecular weight excluding hydrogens is 335 g/mol. The number of hydrogen-bond donors (Lipinski definition) is 0. The molecule has 2 aliphatic rings. The van der Waals surface area contributed by atoms with Crippen LogP contribution in [0.5, 0.6) is 0 Å². The topological polar surface area (TPSA) is 107 Å². The molecule has 2 bridgehead atoms. The van der Waals surface area contributed by atoms with E-state index in [1.54, 1.807) is 0 Å². The maximum absolute atomic E-state index is 12.6. The van der Waals surface area contributed by atoms with Crippen LogP contribution < -0.4 is 0 Å². The molecule has 1 aliphatic carbocycles. The number of carbonyl (C=O) groups excluding carboxylic acids is 1. The van der Waals surface area contributed by atoms with Crippen LogP contribution in [0.2, 0.25) is 0 Å². The normalized spacial score (nSPS) is 22.2. The lowest BCUT2D eigenvalue weighted by atomic mass is 9.95. The Labute approximate surface area is 132 Å². The molecule has 1 saturated heterocycles. The SMILES string of the molecule is O=C(N1C[C@@H]2C[C@@H](C1)c1cc([N+](=O)[O-])c([N+](=O)[O-])cc12)C(F)(F)F.